The highest BCUT2D eigenvalue weighted by atomic mass is 35.5. The summed E-state index contributed by atoms with van der Waals surface area (Å²) in [5.74, 6) is 0. The highest BCUT2D eigenvalue weighted by Crippen LogP contribution is 2.37. The molecule has 0 radical (unpaired) electrons. The van der Waals surface area contributed by atoms with Crippen molar-refractivity contribution in [2.75, 3.05) is 19.0 Å². The second-order valence-electron chi connectivity index (χ2n) is 4.49. The normalized spacial score (nSPS) is 11.9. The van der Waals surface area contributed by atoms with Gasteiger partial charge in [0, 0.05) is 25.2 Å². The number of halogens is 4. The van der Waals surface area contributed by atoms with Crippen LogP contribution in [0.3, 0.4) is 0 Å². The van der Waals surface area contributed by atoms with E-state index in [2.05, 4.69) is 4.98 Å². The predicted molar refractivity (Wildman–Crippen MR) is 70.8 cm³/mol. The first-order valence-electron chi connectivity index (χ1n) is 5.56. The van der Waals surface area contributed by atoms with E-state index in [4.69, 9.17) is 11.6 Å². The lowest BCUT2D eigenvalue weighted by atomic mass is 10.1. The summed E-state index contributed by atoms with van der Waals surface area (Å²) in [5, 5.41) is 0.624. The second-order valence-corrected chi connectivity index (χ2v) is 4.87. The molecular weight excluding hydrogens is 277 g/mol. The first-order valence-corrected chi connectivity index (χ1v) is 5.94. The van der Waals surface area contributed by atoms with Crippen molar-refractivity contribution in [3.05, 3.63) is 34.5 Å². The van der Waals surface area contributed by atoms with E-state index in [9.17, 15) is 13.2 Å². The predicted octanol–water partition coefficient (Wildman–Crippen LogP) is 4.28. The van der Waals surface area contributed by atoms with Crippen LogP contribution < -0.4 is 4.90 Å². The van der Waals surface area contributed by atoms with Gasteiger partial charge in [-0.25, -0.2) is 4.98 Å². The summed E-state index contributed by atoms with van der Waals surface area (Å²) >= 11 is 6.06. The van der Waals surface area contributed by atoms with Crippen LogP contribution >= 0.6 is 11.6 Å². The van der Waals surface area contributed by atoms with Crippen LogP contribution in [0.25, 0.3) is 10.9 Å². The van der Waals surface area contributed by atoms with Gasteiger partial charge in [-0.1, -0.05) is 11.6 Å². The Morgan fingerprint density at radius 2 is 1.84 bits per heavy atom. The Kier molecular flexibility index (Phi) is 3.34. The van der Waals surface area contributed by atoms with Gasteiger partial charge in [0.1, 0.15) is 5.69 Å². The van der Waals surface area contributed by atoms with E-state index >= 15 is 0 Å². The summed E-state index contributed by atoms with van der Waals surface area (Å²) in [6.07, 6.45) is -4.50. The topological polar surface area (TPSA) is 16.1 Å². The molecule has 102 valence electrons. The lowest BCUT2D eigenvalue weighted by Crippen LogP contribution is -2.12. The van der Waals surface area contributed by atoms with E-state index in [-0.39, 0.29) is 16.1 Å². The van der Waals surface area contributed by atoms with E-state index in [1.165, 1.54) is 6.92 Å². The molecule has 0 bridgehead atoms. The maximum absolute atomic E-state index is 12.8. The molecule has 0 saturated heterocycles. The Balaban J connectivity index is 2.77. The summed E-state index contributed by atoms with van der Waals surface area (Å²) in [6.45, 7) is 1.33. The maximum atomic E-state index is 12.8. The molecule has 0 aliphatic rings. The molecule has 2 nitrogen and oxygen atoms in total. The Labute approximate surface area is 113 Å². The maximum Gasteiger partial charge on any atom is 0.433 e. The van der Waals surface area contributed by atoms with Crippen LogP contribution in [0, 0.1) is 6.92 Å². The van der Waals surface area contributed by atoms with Gasteiger partial charge in [-0.3, -0.25) is 0 Å². The van der Waals surface area contributed by atoms with Gasteiger partial charge in [0.25, 0.3) is 0 Å². The number of hydrogen-bond donors (Lipinski definition) is 0. The molecule has 0 saturated carbocycles. The van der Waals surface area contributed by atoms with Crippen LogP contribution in [0.2, 0.25) is 5.02 Å². The van der Waals surface area contributed by atoms with E-state index in [0.29, 0.717) is 5.39 Å². The summed E-state index contributed by atoms with van der Waals surface area (Å²) in [6, 6.07) is 4.99. The average molecular weight is 289 g/mol. The van der Waals surface area contributed by atoms with Crippen molar-refractivity contribution >= 4 is 28.2 Å². The molecule has 1 heterocycles. The van der Waals surface area contributed by atoms with Gasteiger partial charge in [0.2, 0.25) is 0 Å². The quantitative estimate of drug-likeness (QED) is 0.778. The Hall–Kier alpha value is -1.49. The molecular formula is C13H12ClF3N2. The van der Waals surface area contributed by atoms with Crippen LogP contribution in [-0.4, -0.2) is 19.1 Å². The molecule has 1 aromatic heterocycles. The minimum absolute atomic E-state index is 0.0439. The zero-order valence-electron chi connectivity index (χ0n) is 10.6. The number of pyridine rings is 1. The zero-order valence-corrected chi connectivity index (χ0v) is 11.4. The highest BCUT2D eigenvalue weighted by molar-refractivity contribution is 6.36. The van der Waals surface area contributed by atoms with Gasteiger partial charge in [-0.05, 0) is 30.7 Å². The van der Waals surface area contributed by atoms with E-state index in [1.807, 2.05) is 19.0 Å². The Morgan fingerprint density at radius 3 is 2.37 bits per heavy atom. The highest BCUT2D eigenvalue weighted by Gasteiger charge is 2.35. The largest absolute Gasteiger partial charge is 0.433 e. The lowest BCUT2D eigenvalue weighted by molar-refractivity contribution is -0.141. The summed E-state index contributed by atoms with van der Waals surface area (Å²) < 4.78 is 38.5. The van der Waals surface area contributed by atoms with Crippen LogP contribution in [0.15, 0.2) is 18.2 Å². The molecule has 1 aromatic carbocycles. The number of anilines is 1. The van der Waals surface area contributed by atoms with Crippen LogP contribution in [0.5, 0.6) is 0 Å². The number of fused-ring (bicyclic) bond motifs is 1. The molecule has 0 aliphatic carbocycles. The number of hydrogen-bond acceptors (Lipinski definition) is 2. The summed E-state index contributed by atoms with van der Waals surface area (Å²) in [4.78, 5) is 5.53. The molecule has 0 N–H and O–H groups in total. The number of nitrogens with zero attached hydrogens (tertiary/aromatic N) is 2. The molecule has 0 amide bonds. The van der Waals surface area contributed by atoms with Crippen molar-refractivity contribution in [2.45, 2.75) is 13.1 Å². The van der Waals surface area contributed by atoms with Crippen LogP contribution in [0.1, 0.15) is 11.3 Å². The van der Waals surface area contributed by atoms with E-state index in [1.54, 1.807) is 18.2 Å². The van der Waals surface area contributed by atoms with Crippen molar-refractivity contribution in [3.8, 4) is 0 Å². The van der Waals surface area contributed by atoms with E-state index in [0.717, 1.165) is 5.69 Å². The standard InChI is InChI=1S/C13H12ClF3N2/c1-7-11(14)9-6-8(19(2)3)4-5-10(9)18-12(7)13(15,16)17/h4-6H,1-3H3. The first-order chi connectivity index (χ1) is 8.71. The van der Waals surface area contributed by atoms with Gasteiger partial charge in [0.15, 0.2) is 0 Å². The fourth-order valence-corrected chi connectivity index (χ4v) is 2.10. The van der Waals surface area contributed by atoms with Crippen LogP contribution in [-0.2, 0) is 6.18 Å². The molecule has 0 atom stereocenters. The SMILES string of the molecule is Cc1c(C(F)(F)F)nc2ccc(N(C)C)cc2c1Cl. The second kappa shape index (κ2) is 4.56. The van der Waals surface area contributed by atoms with Gasteiger partial charge in [0.05, 0.1) is 10.5 Å². The molecule has 2 aromatic rings. The average Bonchev–Trinajstić information content (AvgIpc) is 2.31. The Bertz CT molecular complexity index is 636. The smallest absolute Gasteiger partial charge is 0.378 e. The van der Waals surface area contributed by atoms with Gasteiger partial charge in [-0.2, -0.15) is 13.2 Å². The molecule has 0 fully saturated rings. The van der Waals surface area contributed by atoms with Crippen molar-refractivity contribution < 1.29 is 13.2 Å². The summed E-state index contributed by atoms with van der Waals surface area (Å²) in [7, 11) is 3.69. The van der Waals surface area contributed by atoms with Crippen molar-refractivity contribution in [2.24, 2.45) is 0 Å². The number of alkyl halides is 3. The Morgan fingerprint density at radius 1 is 1.21 bits per heavy atom. The van der Waals surface area contributed by atoms with Gasteiger partial charge in [-0.15, -0.1) is 0 Å². The fraction of sp³-hybridized carbons (Fsp3) is 0.308. The van der Waals surface area contributed by atoms with Gasteiger partial charge >= 0.3 is 6.18 Å². The third-order valence-electron chi connectivity index (χ3n) is 2.92. The number of rotatable bonds is 1. The third-order valence-corrected chi connectivity index (χ3v) is 3.41. The van der Waals surface area contributed by atoms with Crippen molar-refractivity contribution in [1.29, 1.82) is 0 Å². The molecule has 6 heteroatoms. The fourth-order valence-electron chi connectivity index (χ4n) is 1.86. The lowest BCUT2D eigenvalue weighted by Gasteiger charge is -2.16. The minimum Gasteiger partial charge on any atom is -0.378 e. The van der Waals surface area contributed by atoms with Crippen molar-refractivity contribution in [3.63, 3.8) is 0 Å². The molecule has 2 rings (SSSR count). The molecule has 19 heavy (non-hydrogen) atoms. The number of aromatic nitrogens is 1. The monoisotopic (exact) mass is 288 g/mol. The minimum atomic E-state index is -4.50. The molecule has 0 spiro atoms. The van der Waals surface area contributed by atoms with Crippen LogP contribution in [0.4, 0.5) is 18.9 Å². The first kappa shape index (κ1) is 13.9. The van der Waals surface area contributed by atoms with Crippen molar-refractivity contribution in [1.82, 2.24) is 4.98 Å². The summed E-state index contributed by atoms with van der Waals surface area (Å²) in [5.41, 5.74) is 0.129. The molecule has 0 unspecified atom stereocenters. The third kappa shape index (κ3) is 2.47. The van der Waals surface area contributed by atoms with Gasteiger partial charge < -0.3 is 4.90 Å². The zero-order chi connectivity index (χ0) is 14.4. The molecule has 0 aliphatic heterocycles. The van der Waals surface area contributed by atoms with E-state index < -0.39 is 11.9 Å². The number of benzene rings is 1.